The third-order valence-electron chi connectivity index (χ3n) is 6.42. The van der Waals surface area contributed by atoms with E-state index >= 15 is 0 Å². The molecule has 1 aromatic heterocycles. The largest absolute Gasteiger partial charge is 0.447 e. The average molecular weight is 487 g/mol. The quantitative estimate of drug-likeness (QED) is 0.619. The Bertz CT molecular complexity index is 1010. The second kappa shape index (κ2) is 11.1. The number of carbonyl (C=O) groups excluding carboxylic acids is 2. The number of ether oxygens (including phenoxy) is 1. The molecule has 1 saturated heterocycles. The van der Waals surface area contributed by atoms with Crippen LogP contribution < -0.4 is 15.1 Å². The number of fused-ring (bicyclic) bond motifs is 1. The minimum Gasteiger partial charge on any atom is -0.447 e. The van der Waals surface area contributed by atoms with E-state index in [2.05, 4.69) is 28.4 Å². The van der Waals surface area contributed by atoms with Crippen LogP contribution in [-0.2, 0) is 9.53 Å². The van der Waals surface area contributed by atoms with Crippen molar-refractivity contribution >= 4 is 35.9 Å². The molecule has 2 aromatic rings. The Labute approximate surface area is 208 Å². The molecule has 0 aliphatic carbocycles. The first-order chi connectivity index (χ1) is 15.8. The van der Waals surface area contributed by atoms with Gasteiger partial charge in [-0.1, -0.05) is 6.07 Å². The molecule has 0 saturated carbocycles. The summed E-state index contributed by atoms with van der Waals surface area (Å²) in [5.74, 6) is 1.01. The zero-order chi connectivity index (χ0) is 23.5. The monoisotopic (exact) mass is 486 g/mol. The molecule has 0 bridgehead atoms. The molecule has 4 rings (SSSR count). The fraction of sp³-hybridized carbons (Fsp3) is 0.500. The average Bonchev–Trinajstić information content (AvgIpc) is 2.79. The van der Waals surface area contributed by atoms with Crippen molar-refractivity contribution in [1.29, 1.82) is 0 Å². The summed E-state index contributed by atoms with van der Waals surface area (Å²) in [6.45, 7) is 9.36. The SMILES string of the molecule is CC(=O)N1c2ccc(-c3ccc(N4CCCCC4)nc3)cc2[C@H](NC(=O)OC(C)C)C[C@@H]1C.Cl. The van der Waals surface area contributed by atoms with Crippen LogP contribution in [0.1, 0.15) is 65.0 Å². The normalized spacial score (nSPS) is 19.8. The van der Waals surface area contributed by atoms with Crippen molar-refractivity contribution < 1.29 is 14.3 Å². The second-order valence-corrected chi connectivity index (χ2v) is 9.35. The minimum absolute atomic E-state index is 0. The van der Waals surface area contributed by atoms with E-state index in [0.29, 0.717) is 6.42 Å². The number of amides is 2. The van der Waals surface area contributed by atoms with Gasteiger partial charge in [-0.3, -0.25) is 4.79 Å². The number of aromatic nitrogens is 1. The van der Waals surface area contributed by atoms with E-state index in [1.807, 2.05) is 44.0 Å². The van der Waals surface area contributed by atoms with E-state index in [1.54, 1.807) is 6.92 Å². The van der Waals surface area contributed by atoms with Gasteiger partial charge in [-0.2, -0.15) is 0 Å². The zero-order valence-corrected chi connectivity index (χ0v) is 21.2. The predicted molar refractivity (Wildman–Crippen MR) is 138 cm³/mol. The molecule has 1 N–H and O–H groups in total. The molecule has 7 nitrogen and oxygen atoms in total. The smallest absolute Gasteiger partial charge is 0.407 e. The topological polar surface area (TPSA) is 74.8 Å². The fourth-order valence-corrected chi connectivity index (χ4v) is 4.92. The molecular weight excluding hydrogens is 452 g/mol. The van der Waals surface area contributed by atoms with Crippen LogP contribution in [-0.4, -0.2) is 42.2 Å². The van der Waals surface area contributed by atoms with Gasteiger partial charge in [0.25, 0.3) is 0 Å². The van der Waals surface area contributed by atoms with Gasteiger partial charge in [-0.25, -0.2) is 9.78 Å². The summed E-state index contributed by atoms with van der Waals surface area (Å²) in [6, 6.07) is 9.97. The van der Waals surface area contributed by atoms with Gasteiger partial charge in [0.05, 0.1) is 12.1 Å². The number of piperidine rings is 1. The summed E-state index contributed by atoms with van der Waals surface area (Å²) in [6.07, 6.45) is 5.61. The summed E-state index contributed by atoms with van der Waals surface area (Å²) >= 11 is 0. The van der Waals surface area contributed by atoms with Gasteiger partial charge in [-0.05, 0) is 81.8 Å². The first kappa shape index (κ1) is 25.8. The Morgan fingerprint density at radius 2 is 1.79 bits per heavy atom. The Morgan fingerprint density at radius 3 is 2.41 bits per heavy atom. The van der Waals surface area contributed by atoms with Gasteiger partial charge in [0, 0.05) is 43.5 Å². The van der Waals surface area contributed by atoms with Crippen molar-refractivity contribution in [3.05, 3.63) is 42.1 Å². The van der Waals surface area contributed by atoms with Crippen molar-refractivity contribution in [2.24, 2.45) is 0 Å². The Morgan fingerprint density at radius 1 is 1.09 bits per heavy atom. The number of halogens is 1. The van der Waals surface area contributed by atoms with Crippen molar-refractivity contribution in [2.45, 2.75) is 71.6 Å². The molecule has 1 aromatic carbocycles. The Balaban J connectivity index is 0.00000324. The highest BCUT2D eigenvalue weighted by Crippen LogP contribution is 2.39. The number of hydrogen-bond donors (Lipinski definition) is 1. The number of benzene rings is 1. The van der Waals surface area contributed by atoms with Crippen molar-refractivity contribution in [3.8, 4) is 11.1 Å². The lowest BCUT2D eigenvalue weighted by atomic mass is 9.89. The van der Waals surface area contributed by atoms with E-state index in [0.717, 1.165) is 41.3 Å². The molecule has 34 heavy (non-hydrogen) atoms. The molecule has 3 heterocycles. The van der Waals surface area contributed by atoms with Gasteiger partial charge in [0.15, 0.2) is 0 Å². The van der Waals surface area contributed by atoms with E-state index in [9.17, 15) is 9.59 Å². The van der Waals surface area contributed by atoms with Crippen LogP contribution in [0.3, 0.4) is 0 Å². The first-order valence-corrected chi connectivity index (χ1v) is 12.0. The Hall–Kier alpha value is -2.80. The van der Waals surface area contributed by atoms with Crippen LogP contribution >= 0.6 is 12.4 Å². The van der Waals surface area contributed by atoms with Gasteiger partial charge in [-0.15, -0.1) is 12.4 Å². The maximum absolute atomic E-state index is 12.4. The lowest BCUT2D eigenvalue weighted by molar-refractivity contribution is -0.117. The third-order valence-corrected chi connectivity index (χ3v) is 6.42. The fourth-order valence-electron chi connectivity index (χ4n) is 4.92. The highest BCUT2D eigenvalue weighted by Gasteiger charge is 2.33. The van der Waals surface area contributed by atoms with Crippen LogP contribution in [0.2, 0.25) is 0 Å². The molecule has 1 fully saturated rings. The number of rotatable bonds is 4. The van der Waals surface area contributed by atoms with E-state index in [1.165, 1.54) is 19.3 Å². The zero-order valence-electron chi connectivity index (χ0n) is 20.4. The van der Waals surface area contributed by atoms with Crippen LogP contribution in [0.4, 0.5) is 16.3 Å². The molecule has 2 atom stereocenters. The van der Waals surface area contributed by atoms with Gasteiger partial charge in [0.2, 0.25) is 5.91 Å². The number of anilines is 2. The third kappa shape index (κ3) is 5.63. The van der Waals surface area contributed by atoms with Crippen LogP contribution in [0, 0.1) is 0 Å². The standard InChI is InChI=1S/C26H34N4O3.ClH/c1-17(2)33-26(32)28-23-14-18(3)30(19(4)31)24-10-8-20(15-22(23)24)21-9-11-25(27-16-21)29-12-6-5-7-13-29;/h8-11,15-18,23H,5-7,12-14H2,1-4H3,(H,28,32);1H/t18-,23+;/m0./s1. The summed E-state index contributed by atoms with van der Waals surface area (Å²) in [5.41, 5.74) is 3.77. The molecule has 2 aliphatic rings. The summed E-state index contributed by atoms with van der Waals surface area (Å²) in [7, 11) is 0. The molecule has 8 heteroatoms. The first-order valence-electron chi connectivity index (χ1n) is 12.0. The van der Waals surface area contributed by atoms with E-state index in [4.69, 9.17) is 9.72 Å². The number of hydrogen-bond acceptors (Lipinski definition) is 5. The summed E-state index contributed by atoms with van der Waals surface area (Å²) < 4.78 is 5.32. The van der Waals surface area contributed by atoms with Gasteiger partial charge >= 0.3 is 6.09 Å². The predicted octanol–water partition coefficient (Wildman–Crippen LogP) is 5.48. The number of carbonyl (C=O) groups is 2. The maximum atomic E-state index is 12.4. The van der Waals surface area contributed by atoms with Crippen molar-refractivity contribution in [3.63, 3.8) is 0 Å². The molecule has 0 radical (unpaired) electrons. The van der Waals surface area contributed by atoms with Gasteiger partial charge < -0.3 is 19.9 Å². The maximum Gasteiger partial charge on any atom is 0.407 e. The highest BCUT2D eigenvalue weighted by atomic mass is 35.5. The number of alkyl carbamates (subject to hydrolysis) is 1. The lowest BCUT2D eigenvalue weighted by Gasteiger charge is -2.39. The van der Waals surface area contributed by atoms with E-state index < -0.39 is 6.09 Å². The molecule has 2 amide bonds. The highest BCUT2D eigenvalue weighted by molar-refractivity contribution is 5.94. The summed E-state index contributed by atoms with van der Waals surface area (Å²) in [4.78, 5) is 33.6. The molecule has 0 spiro atoms. The Kier molecular flexibility index (Phi) is 8.42. The minimum atomic E-state index is -0.442. The second-order valence-electron chi connectivity index (χ2n) is 9.35. The molecule has 184 valence electrons. The molecule has 0 unspecified atom stereocenters. The molecule has 2 aliphatic heterocycles. The number of nitrogens with one attached hydrogen (secondary N) is 1. The lowest BCUT2D eigenvalue weighted by Crippen LogP contribution is -2.45. The van der Waals surface area contributed by atoms with Gasteiger partial charge in [0.1, 0.15) is 5.82 Å². The molecular formula is C26H35ClN4O3. The van der Waals surface area contributed by atoms with Crippen LogP contribution in [0.5, 0.6) is 0 Å². The van der Waals surface area contributed by atoms with Crippen molar-refractivity contribution in [2.75, 3.05) is 22.9 Å². The number of pyridine rings is 1. The van der Waals surface area contributed by atoms with Crippen LogP contribution in [0.15, 0.2) is 36.5 Å². The van der Waals surface area contributed by atoms with E-state index in [-0.39, 0.29) is 36.5 Å². The summed E-state index contributed by atoms with van der Waals surface area (Å²) in [5, 5.41) is 3.01. The number of nitrogens with zero attached hydrogens (tertiary/aromatic N) is 3. The van der Waals surface area contributed by atoms with Crippen molar-refractivity contribution in [1.82, 2.24) is 10.3 Å². The van der Waals surface area contributed by atoms with Crippen LogP contribution in [0.25, 0.3) is 11.1 Å².